The summed E-state index contributed by atoms with van der Waals surface area (Å²) in [6, 6.07) is 23.3. The first-order valence-corrected chi connectivity index (χ1v) is 8.32. The fourth-order valence-electron chi connectivity index (χ4n) is 2.38. The minimum atomic E-state index is -0.509. The summed E-state index contributed by atoms with van der Waals surface area (Å²) in [6.45, 7) is 0. The minimum absolute atomic E-state index is 0.281. The quantitative estimate of drug-likeness (QED) is 0.647. The lowest BCUT2D eigenvalue weighted by molar-refractivity contribution is -0.111. The van der Waals surface area contributed by atoms with Gasteiger partial charge < -0.3 is 15.8 Å². The van der Waals surface area contributed by atoms with E-state index in [9.17, 15) is 9.59 Å². The normalized spacial score (nSPS) is 10.5. The number of rotatable bonds is 6. The van der Waals surface area contributed by atoms with E-state index in [0.29, 0.717) is 17.0 Å². The zero-order valence-electron chi connectivity index (χ0n) is 14.5. The minimum Gasteiger partial charge on any atom is -0.457 e. The maximum absolute atomic E-state index is 12.1. The zero-order valence-corrected chi connectivity index (χ0v) is 14.5. The fraction of sp³-hybridized carbons (Fsp3) is 0. The molecule has 0 bridgehead atoms. The third-order valence-corrected chi connectivity index (χ3v) is 3.70. The summed E-state index contributed by atoms with van der Waals surface area (Å²) in [6.07, 6.45) is 3.13. The maximum atomic E-state index is 12.1. The molecule has 0 heterocycles. The van der Waals surface area contributed by atoms with E-state index in [0.717, 1.165) is 11.3 Å². The van der Waals surface area contributed by atoms with E-state index in [1.807, 2.05) is 54.6 Å². The number of ether oxygens (including phenoxy) is 1. The summed E-state index contributed by atoms with van der Waals surface area (Å²) in [5.41, 5.74) is 6.99. The highest BCUT2D eigenvalue weighted by Gasteiger charge is 2.02. The Bertz CT molecular complexity index is 964. The van der Waals surface area contributed by atoms with Gasteiger partial charge in [0.25, 0.3) is 0 Å². The molecule has 0 aliphatic rings. The van der Waals surface area contributed by atoms with E-state index < -0.39 is 5.91 Å². The number of nitrogens with two attached hydrogens (primary N) is 1. The summed E-state index contributed by atoms with van der Waals surface area (Å²) in [5.74, 6) is 0.642. The van der Waals surface area contributed by atoms with Gasteiger partial charge in [0.05, 0.1) is 0 Å². The van der Waals surface area contributed by atoms with Gasteiger partial charge in [-0.25, -0.2) is 0 Å². The van der Waals surface area contributed by atoms with Gasteiger partial charge in [0, 0.05) is 17.3 Å². The van der Waals surface area contributed by atoms with Crippen molar-refractivity contribution < 1.29 is 14.3 Å². The molecule has 3 aromatic rings. The number of benzene rings is 3. The second kappa shape index (κ2) is 8.49. The van der Waals surface area contributed by atoms with Crippen LogP contribution >= 0.6 is 0 Å². The van der Waals surface area contributed by atoms with Crippen molar-refractivity contribution >= 4 is 23.6 Å². The molecule has 3 aromatic carbocycles. The van der Waals surface area contributed by atoms with Crippen LogP contribution in [0.4, 0.5) is 5.69 Å². The lowest BCUT2D eigenvalue weighted by atomic mass is 10.2. The van der Waals surface area contributed by atoms with Crippen molar-refractivity contribution in [2.24, 2.45) is 5.73 Å². The van der Waals surface area contributed by atoms with E-state index in [1.54, 1.807) is 30.3 Å². The van der Waals surface area contributed by atoms with Crippen LogP contribution in [0.3, 0.4) is 0 Å². The third kappa shape index (κ3) is 5.31. The first kappa shape index (κ1) is 17.9. The van der Waals surface area contributed by atoms with Gasteiger partial charge in [-0.3, -0.25) is 9.59 Å². The van der Waals surface area contributed by atoms with Crippen LogP contribution < -0.4 is 15.8 Å². The van der Waals surface area contributed by atoms with Crippen molar-refractivity contribution in [1.29, 1.82) is 0 Å². The first-order valence-electron chi connectivity index (χ1n) is 8.32. The number of primary amides is 1. The lowest BCUT2D eigenvalue weighted by Gasteiger charge is -2.06. The molecule has 0 fully saturated rings. The van der Waals surface area contributed by atoms with Crippen LogP contribution in [0.1, 0.15) is 15.9 Å². The van der Waals surface area contributed by atoms with Crippen molar-refractivity contribution in [2.45, 2.75) is 0 Å². The van der Waals surface area contributed by atoms with Crippen molar-refractivity contribution in [2.75, 3.05) is 5.32 Å². The van der Waals surface area contributed by atoms with Crippen molar-refractivity contribution in [3.8, 4) is 11.5 Å². The standard InChI is InChI=1S/C22H18N2O3/c23-22(26)17-10-12-18(13-11-17)24-21(25)14-9-16-5-4-8-20(15-16)27-19-6-2-1-3-7-19/h1-15H,(H2,23,26)(H,24,25)/b14-9+. The first-order chi connectivity index (χ1) is 13.1. The predicted octanol–water partition coefficient (Wildman–Crippen LogP) is 4.23. The highest BCUT2D eigenvalue weighted by molar-refractivity contribution is 6.02. The number of amides is 2. The van der Waals surface area contributed by atoms with Gasteiger partial charge in [-0.15, -0.1) is 0 Å². The second-order valence-electron chi connectivity index (χ2n) is 5.75. The molecule has 27 heavy (non-hydrogen) atoms. The van der Waals surface area contributed by atoms with Gasteiger partial charge in [0.1, 0.15) is 11.5 Å². The molecule has 0 aromatic heterocycles. The molecule has 0 saturated carbocycles. The Kier molecular flexibility index (Phi) is 5.64. The Balaban J connectivity index is 1.62. The largest absolute Gasteiger partial charge is 0.457 e. The summed E-state index contributed by atoms with van der Waals surface area (Å²) >= 11 is 0. The number of hydrogen-bond acceptors (Lipinski definition) is 3. The molecular formula is C22H18N2O3. The number of nitrogens with one attached hydrogen (secondary N) is 1. The van der Waals surface area contributed by atoms with Crippen LogP contribution in [0.2, 0.25) is 0 Å². The molecule has 0 saturated heterocycles. The highest BCUT2D eigenvalue weighted by Crippen LogP contribution is 2.22. The molecule has 0 atom stereocenters. The van der Waals surface area contributed by atoms with Gasteiger partial charge in [0.15, 0.2) is 0 Å². The van der Waals surface area contributed by atoms with Gasteiger partial charge in [-0.1, -0.05) is 30.3 Å². The number of carbonyl (C=O) groups is 2. The average molecular weight is 358 g/mol. The monoisotopic (exact) mass is 358 g/mol. The van der Waals surface area contributed by atoms with Crippen LogP contribution in [-0.2, 0) is 4.79 Å². The smallest absolute Gasteiger partial charge is 0.248 e. The molecule has 0 spiro atoms. The number of carbonyl (C=O) groups excluding carboxylic acids is 2. The van der Waals surface area contributed by atoms with E-state index in [1.165, 1.54) is 6.08 Å². The van der Waals surface area contributed by atoms with Crippen LogP contribution in [0.5, 0.6) is 11.5 Å². The summed E-state index contributed by atoms with van der Waals surface area (Å²) in [5, 5.41) is 2.72. The Morgan fingerprint density at radius 3 is 2.26 bits per heavy atom. The van der Waals surface area contributed by atoms with E-state index >= 15 is 0 Å². The van der Waals surface area contributed by atoms with E-state index in [-0.39, 0.29) is 5.91 Å². The molecule has 0 radical (unpaired) electrons. The van der Waals surface area contributed by atoms with Gasteiger partial charge in [-0.2, -0.15) is 0 Å². The Morgan fingerprint density at radius 2 is 1.56 bits per heavy atom. The average Bonchev–Trinajstić information content (AvgIpc) is 2.68. The van der Waals surface area contributed by atoms with Gasteiger partial charge in [-0.05, 0) is 60.2 Å². The Hall–Kier alpha value is -3.86. The van der Waals surface area contributed by atoms with E-state index in [2.05, 4.69) is 5.32 Å². The molecule has 5 nitrogen and oxygen atoms in total. The van der Waals surface area contributed by atoms with E-state index in [4.69, 9.17) is 10.5 Å². The molecule has 0 unspecified atom stereocenters. The Morgan fingerprint density at radius 1 is 0.852 bits per heavy atom. The highest BCUT2D eigenvalue weighted by atomic mass is 16.5. The maximum Gasteiger partial charge on any atom is 0.248 e. The number of hydrogen-bond donors (Lipinski definition) is 2. The van der Waals surface area contributed by atoms with Crippen LogP contribution in [0.25, 0.3) is 6.08 Å². The van der Waals surface area contributed by atoms with Gasteiger partial charge >= 0.3 is 0 Å². The molecule has 3 rings (SSSR count). The van der Waals surface area contributed by atoms with Crippen LogP contribution in [0, 0.1) is 0 Å². The second-order valence-corrected chi connectivity index (χ2v) is 5.75. The molecular weight excluding hydrogens is 340 g/mol. The van der Waals surface area contributed by atoms with Crippen molar-refractivity contribution in [3.63, 3.8) is 0 Å². The molecule has 5 heteroatoms. The summed E-state index contributed by atoms with van der Waals surface area (Å²) in [4.78, 5) is 23.1. The third-order valence-electron chi connectivity index (χ3n) is 3.70. The van der Waals surface area contributed by atoms with Crippen molar-refractivity contribution in [3.05, 3.63) is 96.1 Å². The molecule has 0 aliphatic carbocycles. The zero-order chi connectivity index (χ0) is 19.1. The molecule has 2 amide bonds. The fourth-order valence-corrected chi connectivity index (χ4v) is 2.38. The predicted molar refractivity (Wildman–Crippen MR) is 106 cm³/mol. The van der Waals surface area contributed by atoms with Crippen LogP contribution in [0.15, 0.2) is 84.9 Å². The van der Waals surface area contributed by atoms with Crippen molar-refractivity contribution in [1.82, 2.24) is 0 Å². The number of anilines is 1. The molecule has 3 N–H and O–H groups in total. The lowest BCUT2D eigenvalue weighted by Crippen LogP contribution is -2.11. The van der Waals surface area contributed by atoms with Gasteiger partial charge in [0.2, 0.25) is 11.8 Å². The SMILES string of the molecule is NC(=O)c1ccc(NC(=O)/C=C/c2cccc(Oc3ccccc3)c2)cc1. The topological polar surface area (TPSA) is 81.4 Å². The number of para-hydroxylation sites is 1. The summed E-state index contributed by atoms with van der Waals surface area (Å²) < 4.78 is 5.78. The molecule has 0 aliphatic heterocycles. The molecule has 134 valence electrons. The van der Waals surface area contributed by atoms with Crippen LogP contribution in [-0.4, -0.2) is 11.8 Å². The Labute approximate surface area is 157 Å². The summed E-state index contributed by atoms with van der Waals surface area (Å²) in [7, 11) is 0.